The third kappa shape index (κ3) is 0.817. The molecule has 0 spiro atoms. The van der Waals surface area contributed by atoms with Crippen LogP contribution in [0.15, 0.2) is 0 Å². The van der Waals surface area contributed by atoms with E-state index in [1.54, 1.807) is 0 Å². The zero-order valence-corrected chi connectivity index (χ0v) is 7.12. The van der Waals surface area contributed by atoms with Crippen molar-refractivity contribution < 1.29 is 9.84 Å². The Hall–Kier alpha value is -0.120. The summed E-state index contributed by atoms with van der Waals surface area (Å²) in [6.07, 6.45) is 4.29. The molecule has 2 bridgehead atoms. The molecule has 3 aliphatic heterocycles. The van der Waals surface area contributed by atoms with E-state index in [-0.39, 0.29) is 0 Å². The molecule has 3 saturated heterocycles. The van der Waals surface area contributed by atoms with Crippen LogP contribution in [0.1, 0.15) is 19.3 Å². The molecule has 3 heteroatoms. The molecular formula is C9H15NO2. The van der Waals surface area contributed by atoms with E-state index < -0.39 is 5.60 Å². The van der Waals surface area contributed by atoms with Gasteiger partial charge in [-0.05, 0) is 19.3 Å². The van der Waals surface area contributed by atoms with Crippen LogP contribution in [0.3, 0.4) is 0 Å². The Morgan fingerprint density at radius 2 is 2.17 bits per heavy atom. The second-order valence-corrected chi connectivity index (χ2v) is 4.42. The van der Waals surface area contributed by atoms with Gasteiger partial charge in [-0.25, -0.2) is 0 Å². The molecule has 0 saturated carbocycles. The fourth-order valence-electron chi connectivity index (χ4n) is 2.85. The first-order valence-corrected chi connectivity index (χ1v) is 4.86. The highest BCUT2D eigenvalue weighted by Gasteiger charge is 2.53. The standard InChI is InChI=1S/C9H15NO2/c11-9(4-10-5-9)7-3-6-1-2-8(7)12-6/h6-8,10-11H,1-5H2. The molecule has 3 aliphatic rings. The Labute approximate surface area is 72.1 Å². The molecule has 3 nitrogen and oxygen atoms in total. The second-order valence-electron chi connectivity index (χ2n) is 4.42. The molecule has 0 amide bonds. The van der Waals surface area contributed by atoms with Crippen LogP contribution in [-0.4, -0.2) is 36.0 Å². The highest BCUT2D eigenvalue weighted by atomic mass is 16.5. The van der Waals surface area contributed by atoms with Gasteiger partial charge < -0.3 is 15.2 Å². The smallest absolute Gasteiger partial charge is 0.0948 e. The molecule has 3 fully saturated rings. The fraction of sp³-hybridized carbons (Fsp3) is 1.00. The van der Waals surface area contributed by atoms with E-state index in [0.717, 1.165) is 25.9 Å². The minimum Gasteiger partial charge on any atom is -0.387 e. The quantitative estimate of drug-likeness (QED) is 0.575. The molecule has 0 aliphatic carbocycles. The number of hydrogen-bond donors (Lipinski definition) is 2. The summed E-state index contributed by atoms with van der Waals surface area (Å²) in [6, 6.07) is 0. The van der Waals surface area contributed by atoms with Gasteiger partial charge in [-0.2, -0.15) is 0 Å². The molecule has 12 heavy (non-hydrogen) atoms. The number of rotatable bonds is 1. The maximum absolute atomic E-state index is 10.1. The molecule has 0 aromatic heterocycles. The molecule has 3 atom stereocenters. The van der Waals surface area contributed by atoms with E-state index in [0.29, 0.717) is 18.1 Å². The van der Waals surface area contributed by atoms with E-state index in [4.69, 9.17) is 4.74 Å². The van der Waals surface area contributed by atoms with Crippen molar-refractivity contribution in [2.75, 3.05) is 13.1 Å². The predicted molar refractivity (Wildman–Crippen MR) is 43.8 cm³/mol. The van der Waals surface area contributed by atoms with Crippen molar-refractivity contribution in [3.63, 3.8) is 0 Å². The first kappa shape index (κ1) is 7.30. The van der Waals surface area contributed by atoms with Crippen LogP contribution in [-0.2, 0) is 4.74 Å². The number of aliphatic hydroxyl groups is 1. The molecule has 0 radical (unpaired) electrons. The molecule has 0 aromatic rings. The Kier molecular flexibility index (Phi) is 1.35. The largest absolute Gasteiger partial charge is 0.387 e. The summed E-state index contributed by atoms with van der Waals surface area (Å²) < 4.78 is 5.72. The highest BCUT2D eigenvalue weighted by molar-refractivity contribution is 5.06. The summed E-state index contributed by atoms with van der Waals surface area (Å²) in [5.41, 5.74) is -0.431. The lowest BCUT2D eigenvalue weighted by Gasteiger charge is -2.44. The van der Waals surface area contributed by atoms with Gasteiger partial charge in [-0.15, -0.1) is 0 Å². The summed E-state index contributed by atoms with van der Waals surface area (Å²) in [6.45, 7) is 1.54. The lowest BCUT2D eigenvalue weighted by atomic mass is 9.74. The zero-order chi connectivity index (χ0) is 8.18. The zero-order valence-electron chi connectivity index (χ0n) is 7.12. The highest BCUT2D eigenvalue weighted by Crippen LogP contribution is 2.44. The number of fused-ring (bicyclic) bond motifs is 2. The maximum Gasteiger partial charge on any atom is 0.0948 e. The topological polar surface area (TPSA) is 41.5 Å². The van der Waals surface area contributed by atoms with E-state index in [1.807, 2.05) is 0 Å². The summed E-state index contributed by atoms with van der Waals surface area (Å²) in [5, 5.41) is 13.2. The van der Waals surface area contributed by atoms with Crippen molar-refractivity contribution in [3.05, 3.63) is 0 Å². The van der Waals surface area contributed by atoms with Gasteiger partial charge in [0.1, 0.15) is 0 Å². The van der Waals surface area contributed by atoms with Crippen molar-refractivity contribution in [1.82, 2.24) is 5.32 Å². The maximum atomic E-state index is 10.1. The van der Waals surface area contributed by atoms with E-state index in [1.165, 1.54) is 6.42 Å². The Balaban J connectivity index is 1.77. The molecule has 3 heterocycles. The van der Waals surface area contributed by atoms with Crippen LogP contribution in [0.4, 0.5) is 0 Å². The van der Waals surface area contributed by atoms with E-state index in [2.05, 4.69) is 5.32 Å². The first-order valence-electron chi connectivity index (χ1n) is 4.86. The average molecular weight is 169 g/mol. The monoisotopic (exact) mass is 169 g/mol. The van der Waals surface area contributed by atoms with Crippen LogP contribution in [0.5, 0.6) is 0 Å². The van der Waals surface area contributed by atoms with Gasteiger partial charge in [0.25, 0.3) is 0 Å². The summed E-state index contributed by atoms with van der Waals surface area (Å²) in [4.78, 5) is 0. The Morgan fingerprint density at radius 3 is 2.58 bits per heavy atom. The molecule has 2 N–H and O–H groups in total. The fourth-order valence-corrected chi connectivity index (χ4v) is 2.85. The third-order valence-corrected chi connectivity index (χ3v) is 3.66. The van der Waals surface area contributed by atoms with E-state index >= 15 is 0 Å². The summed E-state index contributed by atoms with van der Waals surface area (Å²) in [7, 11) is 0. The molecule has 3 rings (SSSR count). The number of β-amino-alcohol motifs (C(OH)–C–C–N with tert-alkyl or cyclic N) is 1. The van der Waals surface area contributed by atoms with Crippen molar-refractivity contribution in [2.24, 2.45) is 5.92 Å². The second kappa shape index (κ2) is 2.22. The molecular weight excluding hydrogens is 154 g/mol. The van der Waals surface area contributed by atoms with Crippen molar-refractivity contribution >= 4 is 0 Å². The van der Waals surface area contributed by atoms with Crippen LogP contribution in [0, 0.1) is 5.92 Å². The van der Waals surface area contributed by atoms with Crippen molar-refractivity contribution in [3.8, 4) is 0 Å². The summed E-state index contributed by atoms with van der Waals surface area (Å²) >= 11 is 0. The predicted octanol–water partition coefficient (Wildman–Crippen LogP) is -0.112. The van der Waals surface area contributed by atoms with Crippen LogP contribution in [0.25, 0.3) is 0 Å². The van der Waals surface area contributed by atoms with Gasteiger partial charge in [0, 0.05) is 19.0 Å². The lowest BCUT2D eigenvalue weighted by Crippen LogP contribution is -2.65. The molecule has 0 aromatic carbocycles. The molecule has 3 unspecified atom stereocenters. The van der Waals surface area contributed by atoms with Gasteiger partial charge in [0.05, 0.1) is 17.8 Å². The third-order valence-electron chi connectivity index (χ3n) is 3.66. The van der Waals surface area contributed by atoms with Gasteiger partial charge in [-0.1, -0.05) is 0 Å². The lowest BCUT2D eigenvalue weighted by molar-refractivity contribution is -0.0816. The Morgan fingerprint density at radius 1 is 1.33 bits per heavy atom. The van der Waals surface area contributed by atoms with Gasteiger partial charge in [-0.3, -0.25) is 0 Å². The van der Waals surface area contributed by atoms with E-state index in [9.17, 15) is 5.11 Å². The first-order chi connectivity index (χ1) is 5.78. The summed E-state index contributed by atoms with van der Waals surface area (Å²) in [5.74, 6) is 0.414. The minimum absolute atomic E-state index is 0.363. The molecule has 68 valence electrons. The van der Waals surface area contributed by atoms with Crippen LogP contribution in [0.2, 0.25) is 0 Å². The van der Waals surface area contributed by atoms with Crippen LogP contribution < -0.4 is 5.32 Å². The van der Waals surface area contributed by atoms with Gasteiger partial charge in [0.2, 0.25) is 0 Å². The van der Waals surface area contributed by atoms with Gasteiger partial charge in [0.15, 0.2) is 0 Å². The Bertz CT molecular complexity index is 203. The van der Waals surface area contributed by atoms with Crippen molar-refractivity contribution in [1.29, 1.82) is 0 Å². The number of nitrogens with one attached hydrogen (secondary N) is 1. The van der Waals surface area contributed by atoms with Gasteiger partial charge >= 0.3 is 0 Å². The minimum atomic E-state index is -0.431. The number of hydrogen-bond acceptors (Lipinski definition) is 3. The SMILES string of the molecule is OC1(C2CC3CCC2O3)CNC1. The normalized spacial score (nSPS) is 49.2. The van der Waals surface area contributed by atoms with Crippen molar-refractivity contribution in [2.45, 2.75) is 37.1 Å². The van der Waals surface area contributed by atoms with Crippen LogP contribution >= 0.6 is 0 Å². The average Bonchev–Trinajstić information content (AvgIpc) is 2.59. The number of ether oxygens (including phenoxy) is 1.